The molecule has 0 radical (unpaired) electrons. The van der Waals surface area contributed by atoms with Crippen molar-refractivity contribution in [3.8, 4) is 5.75 Å². The molecule has 0 bridgehead atoms. The fourth-order valence-electron chi connectivity index (χ4n) is 4.95. The molecule has 2 amide bonds. The van der Waals surface area contributed by atoms with Crippen molar-refractivity contribution in [3.05, 3.63) is 87.9 Å². The number of rotatable bonds is 8. The highest BCUT2D eigenvalue weighted by atomic mass is 32.1. The molecule has 1 aliphatic rings. The lowest BCUT2D eigenvalue weighted by Gasteiger charge is -2.23. The van der Waals surface area contributed by atoms with Gasteiger partial charge in [0.15, 0.2) is 5.13 Å². The van der Waals surface area contributed by atoms with Crippen molar-refractivity contribution >= 4 is 39.1 Å². The van der Waals surface area contributed by atoms with Crippen molar-refractivity contribution < 1.29 is 14.7 Å². The van der Waals surface area contributed by atoms with E-state index in [1.54, 1.807) is 35.6 Å². The molecule has 0 aliphatic heterocycles. The first-order chi connectivity index (χ1) is 18.4. The van der Waals surface area contributed by atoms with Crippen molar-refractivity contribution in [2.45, 2.75) is 45.2 Å². The number of aromatic hydroxyl groups is 1. The quantitative estimate of drug-likeness (QED) is 0.285. The second-order valence-corrected chi connectivity index (χ2v) is 10.8. The summed E-state index contributed by atoms with van der Waals surface area (Å²) in [6.45, 7) is 3.04. The van der Waals surface area contributed by atoms with E-state index in [4.69, 9.17) is 0 Å². The highest BCUT2D eigenvalue weighted by molar-refractivity contribution is 7.15. The van der Waals surface area contributed by atoms with Crippen molar-refractivity contribution in [2.24, 2.45) is 0 Å². The molecule has 0 fully saturated rings. The van der Waals surface area contributed by atoms with Crippen LogP contribution in [0.1, 0.15) is 56.6 Å². The fourth-order valence-corrected chi connectivity index (χ4v) is 6.03. The summed E-state index contributed by atoms with van der Waals surface area (Å²) in [5.74, 6) is -0.0656. The molecule has 0 saturated carbocycles. The fraction of sp³-hybridized carbons (Fsp3) is 0.300. The maximum Gasteiger partial charge on any atom is 0.257 e. The van der Waals surface area contributed by atoms with Crippen LogP contribution in [0.3, 0.4) is 0 Å². The Balaban J connectivity index is 1.30. The number of nitrogens with zero attached hydrogens (tertiary/aromatic N) is 2. The molecule has 1 aromatic heterocycles. The second kappa shape index (κ2) is 11.3. The van der Waals surface area contributed by atoms with E-state index in [0.717, 1.165) is 47.7 Å². The number of aromatic nitrogens is 1. The van der Waals surface area contributed by atoms with Gasteiger partial charge in [0.25, 0.3) is 11.8 Å². The Morgan fingerprint density at radius 1 is 1.08 bits per heavy atom. The van der Waals surface area contributed by atoms with Crippen LogP contribution in [0.5, 0.6) is 5.75 Å². The molecule has 4 aromatic rings. The monoisotopic (exact) mass is 528 g/mol. The third kappa shape index (κ3) is 5.71. The number of carbonyl (C=O) groups is 2. The average molecular weight is 529 g/mol. The predicted molar refractivity (Wildman–Crippen MR) is 152 cm³/mol. The molecule has 38 heavy (non-hydrogen) atoms. The minimum absolute atomic E-state index is 0.0649. The van der Waals surface area contributed by atoms with E-state index in [1.165, 1.54) is 4.88 Å². The van der Waals surface area contributed by atoms with E-state index < -0.39 is 0 Å². The highest BCUT2D eigenvalue weighted by Gasteiger charge is 2.22. The summed E-state index contributed by atoms with van der Waals surface area (Å²) in [6, 6.07) is 18.5. The molecule has 0 saturated heterocycles. The number of phenolic OH excluding ortho intramolecular Hbond substituents is 1. The Hall–Kier alpha value is -3.75. The first-order valence-corrected chi connectivity index (χ1v) is 13.8. The molecule has 1 atom stereocenters. The summed E-state index contributed by atoms with van der Waals surface area (Å²) in [7, 11) is 1.98. The predicted octanol–water partition coefficient (Wildman–Crippen LogP) is 5.38. The first-order valence-electron chi connectivity index (χ1n) is 13.0. The second-order valence-electron chi connectivity index (χ2n) is 9.74. The van der Waals surface area contributed by atoms with Crippen LogP contribution in [-0.4, -0.2) is 46.4 Å². The minimum Gasteiger partial charge on any atom is -0.508 e. The molecular weight excluding hydrogens is 496 g/mol. The van der Waals surface area contributed by atoms with Gasteiger partial charge in [-0.25, -0.2) is 4.98 Å². The van der Waals surface area contributed by atoms with Gasteiger partial charge < -0.3 is 15.3 Å². The highest BCUT2D eigenvalue weighted by Crippen LogP contribution is 2.30. The molecule has 196 valence electrons. The standard InChI is InChI=1S/C30H32N4O3S/c1-3-13-34(29(37)23-8-7-21-16-25(35)11-9-20(21)15-23)18-19-5-4-6-22(14-19)28(36)33-30-32-26-12-10-24(31-2)17-27(26)38-30/h4-9,11,14-16,24,31,35H,3,10,12-13,17-18H2,1-2H3,(H,32,33,36). The number of amides is 2. The average Bonchev–Trinajstić information content (AvgIpc) is 3.33. The van der Waals surface area contributed by atoms with Crippen LogP contribution in [0.15, 0.2) is 60.7 Å². The van der Waals surface area contributed by atoms with Crippen LogP contribution in [0.2, 0.25) is 0 Å². The number of hydrogen-bond donors (Lipinski definition) is 3. The Kier molecular flexibility index (Phi) is 7.72. The van der Waals surface area contributed by atoms with Gasteiger partial charge in [-0.3, -0.25) is 14.9 Å². The van der Waals surface area contributed by atoms with E-state index in [2.05, 4.69) is 15.6 Å². The van der Waals surface area contributed by atoms with Crippen LogP contribution >= 0.6 is 11.3 Å². The van der Waals surface area contributed by atoms with E-state index >= 15 is 0 Å². The normalized spacial score (nSPS) is 14.7. The van der Waals surface area contributed by atoms with Gasteiger partial charge in [0.05, 0.1) is 5.69 Å². The molecule has 3 aromatic carbocycles. The summed E-state index contributed by atoms with van der Waals surface area (Å²) in [4.78, 5) is 34.2. The van der Waals surface area contributed by atoms with Crippen LogP contribution in [0.4, 0.5) is 5.13 Å². The Bertz CT molecular complexity index is 1480. The van der Waals surface area contributed by atoms with Gasteiger partial charge in [-0.15, -0.1) is 11.3 Å². The van der Waals surface area contributed by atoms with Gasteiger partial charge in [0.1, 0.15) is 5.75 Å². The van der Waals surface area contributed by atoms with Crippen LogP contribution in [0, 0.1) is 0 Å². The number of fused-ring (bicyclic) bond motifs is 2. The van der Waals surface area contributed by atoms with E-state index in [0.29, 0.717) is 35.4 Å². The van der Waals surface area contributed by atoms with Crippen molar-refractivity contribution in [1.82, 2.24) is 15.2 Å². The summed E-state index contributed by atoms with van der Waals surface area (Å²) in [6.07, 6.45) is 3.73. The molecule has 0 spiro atoms. The minimum atomic E-state index is -0.200. The maximum absolute atomic E-state index is 13.4. The summed E-state index contributed by atoms with van der Waals surface area (Å²) in [5, 5.41) is 18.4. The first kappa shape index (κ1) is 25.9. The van der Waals surface area contributed by atoms with Gasteiger partial charge >= 0.3 is 0 Å². The lowest BCUT2D eigenvalue weighted by Crippen LogP contribution is -2.31. The zero-order valence-electron chi connectivity index (χ0n) is 21.7. The summed E-state index contributed by atoms with van der Waals surface area (Å²) in [5.41, 5.74) is 3.11. The Morgan fingerprint density at radius 2 is 1.89 bits per heavy atom. The number of benzene rings is 3. The third-order valence-corrected chi connectivity index (χ3v) is 8.02. The lowest BCUT2D eigenvalue weighted by atomic mass is 9.98. The van der Waals surface area contributed by atoms with Gasteiger partial charge in [-0.05, 0) is 85.5 Å². The molecular formula is C30H32N4O3S. The molecule has 1 unspecified atom stereocenters. The third-order valence-electron chi connectivity index (χ3n) is 6.98. The number of thiazole rings is 1. The largest absolute Gasteiger partial charge is 0.508 e. The van der Waals surface area contributed by atoms with E-state index in [-0.39, 0.29) is 17.6 Å². The van der Waals surface area contributed by atoms with Crippen molar-refractivity contribution in [3.63, 3.8) is 0 Å². The van der Waals surface area contributed by atoms with Crippen molar-refractivity contribution in [2.75, 3.05) is 18.9 Å². The van der Waals surface area contributed by atoms with Gasteiger partial charge in [0.2, 0.25) is 0 Å². The number of carbonyl (C=O) groups excluding carboxylic acids is 2. The maximum atomic E-state index is 13.4. The number of likely N-dealkylation sites (N-methyl/N-ethyl adjacent to an activating group) is 1. The molecule has 5 rings (SSSR count). The number of phenols is 1. The zero-order chi connectivity index (χ0) is 26.6. The molecule has 1 aliphatic carbocycles. The molecule has 1 heterocycles. The van der Waals surface area contributed by atoms with Crippen LogP contribution < -0.4 is 10.6 Å². The van der Waals surface area contributed by atoms with E-state index in [1.807, 2.05) is 55.3 Å². The molecule has 7 nitrogen and oxygen atoms in total. The van der Waals surface area contributed by atoms with Gasteiger partial charge in [0, 0.05) is 35.1 Å². The molecule has 8 heteroatoms. The summed E-state index contributed by atoms with van der Waals surface area (Å²) >= 11 is 1.55. The SMILES string of the molecule is CCCN(Cc1cccc(C(=O)Nc2nc3c(s2)CC(NC)CC3)c1)C(=O)c1ccc2cc(O)ccc2c1. The topological polar surface area (TPSA) is 94.6 Å². The number of hydrogen-bond acceptors (Lipinski definition) is 6. The Morgan fingerprint density at radius 3 is 2.71 bits per heavy atom. The summed E-state index contributed by atoms with van der Waals surface area (Å²) < 4.78 is 0. The van der Waals surface area contributed by atoms with Crippen LogP contribution in [-0.2, 0) is 19.4 Å². The molecule has 3 N–H and O–H groups in total. The van der Waals surface area contributed by atoms with Gasteiger partial charge in [-0.1, -0.05) is 31.2 Å². The number of nitrogens with one attached hydrogen (secondary N) is 2. The zero-order valence-corrected chi connectivity index (χ0v) is 22.5. The van der Waals surface area contributed by atoms with Crippen LogP contribution in [0.25, 0.3) is 10.8 Å². The Labute approximate surface area is 226 Å². The number of anilines is 1. The number of aryl methyl sites for hydroxylation is 1. The lowest BCUT2D eigenvalue weighted by molar-refractivity contribution is 0.0743. The van der Waals surface area contributed by atoms with E-state index in [9.17, 15) is 14.7 Å². The smallest absolute Gasteiger partial charge is 0.257 e. The van der Waals surface area contributed by atoms with Gasteiger partial charge in [-0.2, -0.15) is 0 Å². The van der Waals surface area contributed by atoms with Crippen molar-refractivity contribution in [1.29, 1.82) is 0 Å².